The number of ether oxygens (including phenoxy) is 1. The van der Waals surface area contributed by atoms with Gasteiger partial charge in [-0.2, -0.15) is 4.98 Å². The van der Waals surface area contributed by atoms with Crippen LogP contribution in [0, 0.1) is 5.92 Å². The second-order valence-electron chi connectivity index (χ2n) is 9.45. The smallest absolute Gasteiger partial charge is 0.324 e. The number of anilines is 1. The van der Waals surface area contributed by atoms with Crippen molar-refractivity contribution in [1.82, 2.24) is 20.1 Å². The van der Waals surface area contributed by atoms with Crippen molar-refractivity contribution in [3.63, 3.8) is 0 Å². The van der Waals surface area contributed by atoms with Crippen molar-refractivity contribution in [1.29, 1.82) is 0 Å². The molecule has 1 aromatic carbocycles. The molecule has 0 atom stereocenters. The molecule has 1 aliphatic heterocycles. The van der Waals surface area contributed by atoms with E-state index < -0.39 is 9.84 Å². The van der Waals surface area contributed by atoms with Crippen molar-refractivity contribution in [2.24, 2.45) is 5.92 Å². The number of hydrogen-bond donors (Lipinski definition) is 0. The van der Waals surface area contributed by atoms with E-state index in [0.717, 1.165) is 59.8 Å². The van der Waals surface area contributed by atoms with Crippen molar-refractivity contribution in [3.05, 3.63) is 42.2 Å². The average molecular weight is 528 g/mol. The van der Waals surface area contributed by atoms with Crippen molar-refractivity contribution in [3.8, 4) is 16.5 Å². The SMILES string of the molecule is CC(C)c1noc(N2CCC(CCOc3nc4ccc(-c5ccc(S(C)(=O)=O)cc5)nc4s3)CC2)n1. The molecule has 0 N–H and O–H groups in total. The summed E-state index contributed by atoms with van der Waals surface area (Å²) in [6, 6.07) is 11.2. The highest BCUT2D eigenvalue weighted by molar-refractivity contribution is 7.90. The lowest BCUT2D eigenvalue weighted by atomic mass is 9.94. The standard InChI is InChI=1S/C25H29N5O4S2/c1-16(2)22-28-24(34-29-22)30-13-10-17(11-14-30)12-15-33-25-27-21-9-8-20(26-23(21)35-25)18-4-6-19(7-5-18)36(3,31)32/h4-9,16-17H,10-15H2,1-3H3. The quantitative estimate of drug-likeness (QED) is 0.314. The van der Waals surface area contributed by atoms with Crippen molar-refractivity contribution < 1.29 is 17.7 Å². The van der Waals surface area contributed by atoms with Crippen LogP contribution in [0.3, 0.4) is 0 Å². The fourth-order valence-electron chi connectivity index (χ4n) is 4.21. The third-order valence-electron chi connectivity index (χ3n) is 6.40. The van der Waals surface area contributed by atoms with Gasteiger partial charge in [0.25, 0.3) is 5.19 Å². The van der Waals surface area contributed by atoms with Crippen molar-refractivity contribution >= 4 is 37.5 Å². The number of aromatic nitrogens is 4. The van der Waals surface area contributed by atoms with Crippen molar-refractivity contribution in [2.75, 3.05) is 30.9 Å². The van der Waals surface area contributed by atoms with Gasteiger partial charge < -0.3 is 14.2 Å². The summed E-state index contributed by atoms with van der Waals surface area (Å²) in [6.07, 6.45) is 4.29. The van der Waals surface area contributed by atoms with Crippen LogP contribution in [0.1, 0.15) is 44.9 Å². The highest BCUT2D eigenvalue weighted by Gasteiger charge is 2.23. The van der Waals surface area contributed by atoms with E-state index in [9.17, 15) is 8.42 Å². The van der Waals surface area contributed by atoms with Gasteiger partial charge in [0.05, 0.1) is 17.2 Å². The van der Waals surface area contributed by atoms with Crippen LogP contribution in [-0.4, -0.2) is 54.5 Å². The molecule has 1 fully saturated rings. The first-order valence-electron chi connectivity index (χ1n) is 12.1. The summed E-state index contributed by atoms with van der Waals surface area (Å²) in [5, 5.41) is 4.68. The van der Waals surface area contributed by atoms with Gasteiger partial charge in [0, 0.05) is 30.8 Å². The van der Waals surface area contributed by atoms with E-state index in [0.29, 0.717) is 28.6 Å². The fourth-order valence-corrected chi connectivity index (χ4v) is 5.65. The van der Waals surface area contributed by atoms with E-state index in [2.05, 4.69) is 33.9 Å². The molecule has 4 heterocycles. The second kappa shape index (κ2) is 10.1. The molecule has 0 saturated carbocycles. The van der Waals surface area contributed by atoms with Crippen LogP contribution < -0.4 is 9.64 Å². The summed E-state index contributed by atoms with van der Waals surface area (Å²) in [7, 11) is -3.22. The maximum Gasteiger partial charge on any atom is 0.324 e. The van der Waals surface area contributed by atoms with Gasteiger partial charge in [0.1, 0.15) is 10.3 Å². The minimum Gasteiger partial charge on any atom is -0.470 e. The molecule has 3 aromatic heterocycles. The zero-order valence-corrected chi connectivity index (χ0v) is 22.2. The second-order valence-corrected chi connectivity index (χ2v) is 12.4. The van der Waals surface area contributed by atoms with E-state index in [4.69, 9.17) is 14.2 Å². The van der Waals surface area contributed by atoms with Crippen LogP contribution in [-0.2, 0) is 9.84 Å². The third kappa shape index (κ3) is 5.52. The summed E-state index contributed by atoms with van der Waals surface area (Å²) in [6.45, 7) is 6.54. The Hall–Kier alpha value is -3.05. The van der Waals surface area contributed by atoms with E-state index in [-0.39, 0.29) is 5.92 Å². The van der Waals surface area contributed by atoms with Crippen LogP contribution in [0.25, 0.3) is 21.6 Å². The summed E-state index contributed by atoms with van der Waals surface area (Å²) in [5.41, 5.74) is 2.42. The summed E-state index contributed by atoms with van der Waals surface area (Å²) in [4.78, 5) is 17.0. The minimum atomic E-state index is -3.22. The van der Waals surface area contributed by atoms with Crippen LogP contribution in [0.5, 0.6) is 5.19 Å². The lowest BCUT2D eigenvalue weighted by molar-refractivity contribution is 0.255. The van der Waals surface area contributed by atoms with Crippen molar-refractivity contribution in [2.45, 2.75) is 43.9 Å². The van der Waals surface area contributed by atoms with E-state index in [1.54, 1.807) is 24.3 Å². The molecular weight excluding hydrogens is 498 g/mol. The number of pyridine rings is 1. The fraction of sp³-hybridized carbons (Fsp3) is 0.440. The lowest BCUT2D eigenvalue weighted by Crippen LogP contribution is -2.34. The third-order valence-corrected chi connectivity index (χ3v) is 8.40. The first-order chi connectivity index (χ1) is 17.3. The minimum absolute atomic E-state index is 0.259. The van der Waals surface area contributed by atoms with Crippen LogP contribution >= 0.6 is 11.3 Å². The van der Waals surface area contributed by atoms with Gasteiger partial charge in [0.15, 0.2) is 15.7 Å². The van der Waals surface area contributed by atoms with Crippen LogP contribution in [0.2, 0.25) is 0 Å². The Morgan fingerprint density at radius 3 is 2.50 bits per heavy atom. The molecule has 0 unspecified atom stereocenters. The Balaban J connectivity index is 1.14. The molecule has 0 amide bonds. The van der Waals surface area contributed by atoms with Gasteiger partial charge in [-0.1, -0.05) is 42.5 Å². The molecular formula is C25H29N5O4S2. The highest BCUT2D eigenvalue weighted by Crippen LogP contribution is 2.30. The van der Waals surface area contributed by atoms with E-state index in [1.807, 2.05) is 12.1 Å². The molecule has 4 aromatic rings. The van der Waals surface area contributed by atoms with E-state index >= 15 is 0 Å². The molecule has 0 bridgehead atoms. The summed E-state index contributed by atoms with van der Waals surface area (Å²) < 4.78 is 34.8. The van der Waals surface area contributed by atoms with Crippen LogP contribution in [0.15, 0.2) is 45.8 Å². The number of hydrogen-bond acceptors (Lipinski definition) is 10. The Kier molecular flexibility index (Phi) is 6.94. The predicted molar refractivity (Wildman–Crippen MR) is 139 cm³/mol. The first kappa shape index (κ1) is 24.6. The van der Waals surface area contributed by atoms with Gasteiger partial charge in [0.2, 0.25) is 0 Å². The Morgan fingerprint density at radius 1 is 1.08 bits per heavy atom. The molecule has 1 saturated heterocycles. The topological polar surface area (TPSA) is 111 Å². The maximum atomic E-state index is 11.7. The molecule has 1 aliphatic rings. The van der Waals surface area contributed by atoms with Gasteiger partial charge in [-0.05, 0) is 49.4 Å². The molecule has 36 heavy (non-hydrogen) atoms. The summed E-state index contributed by atoms with van der Waals surface area (Å²) >= 11 is 1.43. The maximum absolute atomic E-state index is 11.7. The highest BCUT2D eigenvalue weighted by atomic mass is 32.2. The Bertz CT molecular complexity index is 1440. The molecule has 5 rings (SSSR count). The largest absolute Gasteiger partial charge is 0.470 e. The Morgan fingerprint density at radius 2 is 1.83 bits per heavy atom. The number of thiazole rings is 1. The van der Waals surface area contributed by atoms with Gasteiger partial charge >= 0.3 is 6.01 Å². The molecule has 0 spiro atoms. The number of rotatable bonds is 8. The molecule has 9 nitrogen and oxygen atoms in total. The van der Waals surface area contributed by atoms with Gasteiger partial charge in [-0.15, -0.1) is 0 Å². The first-order valence-corrected chi connectivity index (χ1v) is 14.8. The molecule has 0 radical (unpaired) electrons. The Labute approximate surface area is 214 Å². The van der Waals surface area contributed by atoms with Crippen LogP contribution in [0.4, 0.5) is 6.01 Å². The number of fused-ring (bicyclic) bond motifs is 1. The monoisotopic (exact) mass is 527 g/mol. The number of benzene rings is 1. The number of sulfone groups is 1. The molecule has 11 heteroatoms. The zero-order chi connectivity index (χ0) is 25.3. The van der Waals surface area contributed by atoms with Gasteiger partial charge in [-0.25, -0.2) is 18.4 Å². The number of nitrogens with zero attached hydrogens (tertiary/aromatic N) is 5. The lowest BCUT2D eigenvalue weighted by Gasteiger charge is -2.30. The molecule has 0 aliphatic carbocycles. The van der Waals surface area contributed by atoms with E-state index in [1.165, 1.54) is 17.6 Å². The normalized spacial score (nSPS) is 15.2. The summed E-state index contributed by atoms with van der Waals surface area (Å²) in [5.74, 6) is 1.60. The molecule has 190 valence electrons. The average Bonchev–Trinajstić information content (AvgIpc) is 3.51. The predicted octanol–water partition coefficient (Wildman–Crippen LogP) is 4.95. The number of piperidine rings is 1. The zero-order valence-electron chi connectivity index (χ0n) is 20.5. The van der Waals surface area contributed by atoms with Gasteiger partial charge in [-0.3, -0.25) is 0 Å².